The Hall–Kier alpha value is -2.37. The summed E-state index contributed by atoms with van der Waals surface area (Å²) in [6.45, 7) is 6.72. The van der Waals surface area contributed by atoms with Gasteiger partial charge in [0.1, 0.15) is 11.3 Å². The van der Waals surface area contributed by atoms with E-state index in [0.717, 1.165) is 0 Å². The van der Waals surface area contributed by atoms with Gasteiger partial charge in [-0.05, 0) is 17.6 Å². The van der Waals surface area contributed by atoms with Gasteiger partial charge in [-0.25, -0.2) is 9.59 Å². The highest BCUT2D eigenvalue weighted by Gasteiger charge is 2.38. The summed E-state index contributed by atoms with van der Waals surface area (Å²) in [6.07, 6.45) is 4.68. The van der Waals surface area contributed by atoms with Gasteiger partial charge in [0.05, 0.1) is 5.57 Å². The van der Waals surface area contributed by atoms with Crippen molar-refractivity contribution in [2.24, 2.45) is 5.41 Å². The summed E-state index contributed by atoms with van der Waals surface area (Å²) in [7, 11) is 0. The van der Waals surface area contributed by atoms with E-state index in [9.17, 15) is 19.5 Å². The molecule has 0 bridgehead atoms. The van der Waals surface area contributed by atoms with Crippen molar-refractivity contribution in [3.63, 3.8) is 0 Å². The second kappa shape index (κ2) is 5.68. The average molecular weight is 320 g/mol. The van der Waals surface area contributed by atoms with E-state index in [1.807, 2.05) is 13.8 Å². The Morgan fingerprint density at radius 1 is 1.00 bits per heavy atom. The first kappa shape index (κ1) is 17.0. The quantitative estimate of drug-likeness (QED) is 0.477. The summed E-state index contributed by atoms with van der Waals surface area (Å²) < 4.78 is 9.91. The fraction of sp³-hybridized carbons (Fsp3) is 0.471. The van der Waals surface area contributed by atoms with E-state index in [1.54, 1.807) is 0 Å². The smallest absolute Gasteiger partial charge is 0.348 e. The number of rotatable bonds is 2. The number of Topliss-reactive ketones (excluding diaryl/α,β-unsaturated/α-hetero) is 1. The van der Waals surface area contributed by atoms with Crippen molar-refractivity contribution in [2.75, 3.05) is 0 Å². The van der Waals surface area contributed by atoms with Crippen LogP contribution in [0.1, 0.15) is 40.5 Å². The van der Waals surface area contributed by atoms with Crippen molar-refractivity contribution in [2.45, 2.75) is 46.3 Å². The second-order valence-corrected chi connectivity index (χ2v) is 6.92. The second-order valence-electron chi connectivity index (χ2n) is 6.92. The lowest BCUT2D eigenvalue weighted by Gasteiger charge is -2.29. The van der Waals surface area contributed by atoms with Crippen LogP contribution in [-0.4, -0.2) is 28.6 Å². The fourth-order valence-corrected chi connectivity index (χ4v) is 2.53. The third-order valence-electron chi connectivity index (χ3n) is 3.54. The number of cyclic esters (lactones) is 2. The first-order valence-electron chi connectivity index (χ1n) is 7.31. The van der Waals surface area contributed by atoms with Gasteiger partial charge < -0.3 is 14.6 Å². The maximum absolute atomic E-state index is 12.0. The predicted molar refractivity (Wildman–Crippen MR) is 81.2 cm³/mol. The number of aliphatic hydroxyl groups excluding tert-OH is 1. The van der Waals surface area contributed by atoms with Gasteiger partial charge in [0.25, 0.3) is 5.79 Å². The van der Waals surface area contributed by atoms with E-state index in [-0.39, 0.29) is 28.1 Å². The van der Waals surface area contributed by atoms with E-state index in [0.29, 0.717) is 12.8 Å². The molecule has 1 aliphatic carbocycles. The predicted octanol–water partition coefficient (Wildman–Crippen LogP) is 2.51. The fourth-order valence-electron chi connectivity index (χ4n) is 2.53. The zero-order valence-electron chi connectivity index (χ0n) is 13.6. The van der Waals surface area contributed by atoms with E-state index in [2.05, 4.69) is 0 Å². The molecule has 1 aliphatic heterocycles. The lowest BCUT2D eigenvalue weighted by atomic mass is 9.76. The topological polar surface area (TPSA) is 89.9 Å². The monoisotopic (exact) mass is 320 g/mol. The standard InChI is InChI=1S/C17H20O6/c1-16(2)8-12(18)10(13(19)9-16)6-5-7-11-14(20)22-17(3,4)23-15(11)21/h5-7,18H,8-9H2,1-4H3. The molecule has 2 aliphatic rings. The molecule has 0 saturated carbocycles. The minimum absolute atomic E-state index is 0.0100. The third-order valence-corrected chi connectivity index (χ3v) is 3.54. The van der Waals surface area contributed by atoms with E-state index in [1.165, 1.54) is 32.1 Å². The summed E-state index contributed by atoms with van der Waals surface area (Å²) in [5.74, 6) is -3.03. The number of aliphatic hydroxyl groups is 1. The highest BCUT2D eigenvalue weighted by atomic mass is 16.7. The first-order chi connectivity index (χ1) is 10.5. The molecule has 1 N–H and O–H groups in total. The van der Waals surface area contributed by atoms with Gasteiger partial charge >= 0.3 is 11.9 Å². The number of esters is 2. The summed E-state index contributed by atoms with van der Waals surface area (Å²) >= 11 is 0. The normalized spacial score (nSPS) is 23.8. The zero-order valence-corrected chi connectivity index (χ0v) is 13.6. The molecule has 6 nitrogen and oxygen atoms in total. The molecule has 23 heavy (non-hydrogen) atoms. The molecular weight excluding hydrogens is 300 g/mol. The summed E-state index contributed by atoms with van der Waals surface area (Å²) in [5.41, 5.74) is -0.345. The lowest BCUT2D eigenvalue weighted by Crippen LogP contribution is -2.41. The Morgan fingerprint density at radius 2 is 1.57 bits per heavy atom. The molecule has 0 unspecified atom stereocenters. The molecule has 0 aromatic rings. The van der Waals surface area contributed by atoms with Crippen molar-refractivity contribution >= 4 is 17.7 Å². The number of allylic oxidation sites excluding steroid dienone is 5. The highest BCUT2D eigenvalue weighted by Crippen LogP contribution is 2.36. The Morgan fingerprint density at radius 3 is 2.09 bits per heavy atom. The van der Waals surface area contributed by atoms with Gasteiger partial charge in [-0.1, -0.05) is 19.9 Å². The molecular formula is C17H20O6. The van der Waals surface area contributed by atoms with Gasteiger partial charge in [0.15, 0.2) is 5.78 Å². The van der Waals surface area contributed by atoms with Gasteiger partial charge in [-0.2, -0.15) is 0 Å². The van der Waals surface area contributed by atoms with Crippen molar-refractivity contribution in [3.8, 4) is 0 Å². The van der Waals surface area contributed by atoms with Crippen molar-refractivity contribution in [3.05, 3.63) is 35.1 Å². The van der Waals surface area contributed by atoms with Crippen LogP contribution in [0.25, 0.3) is 0 Å². The molecule has 0 radical (unpaired) electrons. The SMILES string of the molecule is CC1(C)CC(=O)C(C=CC=C2C(=O)OC(C)(C)OC2=O)=C(O)C1. The molecule has 0 aromatic carbocycles. The number of carbonyl (C=O) groups is 3. The summed E-state index contributed by atoms with van der Waals surface area (Å²) in [5, 5.41) is 9.99. The molecule has 6 heteroatoms. The van der Waals surface area contributed by atoms with Gasteiger partial charge in [-0.3, -0.25) is 4.79 Å². The maximum Gasteiger partial charge on any atom is 0.348 e. The molecule has 0 atom stereocenters. The number of carbonyl (C=O) groups excluding carboxylic acids is 3. The van der Waals surface area contributed by atoms with Crippen LogP contribution in [0.3, 0.4) is 0 Å². The molecule has 1 saturated heterocycles. The van der Waals surface area contributed by atoms with E-state index < -0.39 is 17.7 Å². The van der Waals surface area contributed by atoms with Crippen LogP contribution in [0.2, 0.25) is 0 Å². The molecule has 1 heterocycles. The van der Waals surface area contributed by atoms with Gasteiger partial charge in [0, 0.05) is 26.7 Å². The van der Waals surface area contributed by atoms with E-state index in [4.69, 9.17) is 9.47 Å². The van der Waals surface area contributed by atoms with Crippen LogP contribution in [0.15, 0.2) is 35.1 Å². The Bertz CT molecular complexity index is 639. The van der Waals surface area contributed by atoms with Crippen molar-refractivity contribution < 1.29 is 29.0 Å². The van der Waals surface area contributed by atoms with Crippen molar-refractivity contribution in [1.82, 2.24) is 0 Å². The Balaban J connectivity index is 2.20. The number of ketones is 1. The molecule has 1 fully saturated rings. The number of hydrogen-bond donors (Lipinski definition) is 1. The summed E-state index contributed by atoms with van der Waals surface area (Å²) in [4.78, 5) is 35.6. The van der Waals surface area contributed by atoms with E-state index >= 15 is 0 Å². The maximum atomic E-state index is 12.0. The lowest BCUT2D eigenvalue weighted by molar-refractivity contribution is -0.222. The molecule has 2 rings (SSSR count). The van der Waals surface area contributed by atoms with Crippen molar-refractivity contribution in [1.29, 1.82) is 0 Å². The molecule has 0 aromatic heterocycles. The molecule has 124 valence electrons. The van der Waals surface area contributed by atoms with Crippen LogP contribution in [0.4, 0.5) is 0 Å². The zero-order chi connectivity index (χ0) is 17.4. The Labute approximate surface area is 134 Å². The molecule has 0 spiro atoms. The van der Waals surface area contributed by atoms with Crippen LogP contribution in [0, 0.1) is 5.41 Å². The number of hydrogen-bond acceptors (Lipinski definition) is 6. The average Bonchev–Trinajstić information content (AvgIpc) is 2.32. The van der Waals surface area contributed by atoms with Crippen LogP contribution in [-0.2, 0) is 23.9 Å². The Kier molecular flexibility index (Phi) is 4.20. The van der Waals surface area contributed by atoms with Crippen LogP contribution >= 0.6 is 0 Å². The highest BCUT2D eigenvalue weighted by molar-refractivity contribution is 6.15. The first-order valence-corrected chi connectivity index (χ1v) is 7.31. The van der Waals surface area contributed by atoms with Crippen LogP contribution in [0.5, 0.6) is 0 Å². The number of ether oxygens (including phenoxy) is 2. The summed E-state index contributed by atoms with van der Waals surface area (Å²) in [6, 6.07) is 0. The molecule has 0 amide bonds. The third kappa shape index (κ3) is 3.88. The minimum atomic E-state index is -1.29. The largest absolute Gasteiger partial charge is 0.512 e. The minimum Gasteiger partial charge on any atom is -0.512 e. The van der Waals surface area contributed by atoms with Crippen LogP contribution < -0.4 is 0 Å². The van der Waals surface area contributed by atoms with Gasteiger partial charge in [-0.15, -0.1) is 0 Å². The van der Waals surface area contributed by atoms with Gasteiger partial charge in [0.2, 0.25) is 0 Å².